The molecular formula is C20H25FN2O2S. The highest BCUT2D eigenvalue weighted by Crippen LogP contribution is 2.24. The Morgan fingerprint density at radius 3 is 2.62 bits per heavy atom. The van der Waals surface area contributed by atoms with Crippen molar-refractivity contribution in [3.8, 4) is 0 Å². The molecule has 0 spiro atoms. The van der Waals surface area contributed by atoms with Gasteiger partial charge in [0, 0.05) is 24.5 Å². The fourth-order valence-electron chi connectivity index (χ4n) is 3.29. The Labute approximate surface area is 158 Å². The van der Waals surface area contributed by atoms with Gasteiger partial charge in [-0.25, -0.2) is 4.39 Å². The van der Waals surface area contributed by atoms with Crippen LogP contribution >= 0.6 is 11.3 Å². The Morgan fingerprint density at radius 1 is 1.31 bits per heavy atom. The fourth-order valence-corrected chi connectivity index (χ4v) is 4.32. The maximum atomic E-state index is 13.3. The van der Waals surface area contributed by atoms with E-state index in [2.05, 4.69) is 24.1 Å². The summed E-state index contributed by atoms with van der Waals surface area (Å²) in [4.78, 5) is 16.8. The number of carbonyl (C=O) groups is 1. The predicted octanol–water partition coefficient (Wildman–Crippen LogP) is 3.56. The first-order chi connectivity index (χ1) is 12.6. The number of nitrogens with zero attached hydrogens (tertiary/aromatic N) is 1. The molecule has 4 nitrogen and oxygen atoms in total. The molecule has 1 aliphatic rings. The maximum absolute atomic E-state index is 13.3. The number of amides is 1. The molecule has 1 N–H and O–H groups in total. The van der Waals surface area contributed by atoms with Crippen LogP contribution < -0.4 is 5.32 Å². The van der Waals surface area contributed by atoms with E-state index in [1.54, 1.807) is 12.1 Å². The topological polar surface area (TPSA) is 41.6 Å². The molecule has 0 radical (unpaired) electrons. The Kier molecular flexibility index (Phi) is 6.40. The van der Waals surface area contributed by atoms with Crippen LogP contribution in [0.4, 0.5) is 4.39 Å². The van der Waals surface area contributed by atoms with Gasteiger partial charge < -0.3 is 10.1 Å². The summed E-state index contributed by atoms with van der Waals surface area (Å²) in [5.41, 5.74) is 2.23. The number of rotatable bonds is 6. The van der Waals surface area contributed by atoms with Crippen LogP contribution in [0.15, 0.2) is 30.3 Å². The van der Waals surface area contributed by atoms with Gasteiger partial charge in [-0.3, -0.25) is 9.69 Å². The summed E-state index contributed by atoms with van der Waals surface area (Å²) in [6, 6.07) is 8.53. The number of thiophene rings is 1. The van der Waals surface area contributed by atoms with Crippen molar-refractivity contribution in [2.75, 3.05) is 32.8 Å². The van der Waals surface area contributed by atoms with Crippen molar-refractivity contribution in [2.24, 2.45) is 0 Å². The van der Waals surface area contributed by atoms with Crippen LogP contribution in [-0.4, -0.2) is 43.7 Å². The third-order valence-electron chi connectivity index (χ3n) is 4.82. The number of hydrogen-bond donors (Lipinski definition) is 1. The first-order valence-electron chi connectivity index (χ1n) is 9.03. The van der Waals surface area contributed by atoms with Crippen molar-refractivity contribution in [1.29, 1.82) is 0 Å². The maximum Gasteiger partial charge on any atom is 0.261 e. The largest absolute Gasteiger partial charge is 0.379 e. The van der Waals surface area contributed by atoms with Crippen molar-refractivity contribution in [3.05, 3.63) is 57.0 Å². The zero-order valence-electron chi connectivity index (χ0n) is 15.3. The van der Waals surface area contributed by atoms with E-state index in [1.165, 1.54) is 33.9 Å². The first-order valence-corrected chi connectivity index (χ1v) is 9.85. The van der Waals surface area contributed by atoms with Crippen LogP contribution in [0.2, 0.25) is 0 Å². The fraction of sp³-hybridized carbons (Fsp3) is 0.450. The van der Waals surface area contributed by atoms with Crippen molar-refractivity contribution >= 4 is 17.2 Å². The van der Waals surface area contributed by atoms with E-state index in [1.807, 2.05) is 6.07 Å². The van der Waals surface area contributed by atoms with Crippen molar-refractivity contribution in [2.45, 2.75) is 26.3 Å². The second-order valence-corrected chi connectivity index (χ2v) is 7.73. The molecule has 3 rings (SSSR count). The lowest BCUT2D eigenvalue weighted by molar-refractivity contribution is 0.0162. The standard InChI is InChI=1S/C20H25FN2O2S/c1-3-15-12-19(26-14(15)2)20(24)22-13-18(23-8-10-25-11-9-23)16-4-6-17(21)7-5-16/h4-7,12,18H,3,8-11,13H2,1-2H3,(H,22,24)/t18-/m1/s1. The summed E-state index contributed by atoms with van der Waals surface area (Å²) < 4.78 is 18.7. The number of aryl methyl sites for hydroxylation is 2. The van der Waals surface area contributed by atoms with Crippen LogP contribution in [0, 0.1) is 12.7 Å². The number of benzene rings is 1. The van der Waals surface area contributed by atoms with E-state index in [4.69, 9.17) is 4.74 Å². The van der Waals surface area contributed by atoms with E-state index in [0.717, 1.165) is 30.0 Å². The smallest absolute Gasteiger partial charge is 0.261 e. The van der Waals surface area contributed by atoms with E-state index in [9.17, 15) is 9.18 Å². The summed E-state index contributed by atoms with van der Waals surface area (Å²) in [5.74, 6) is -0.294. The second-order valence-electron chi connectivity index (χ2n) is 6.47. The number of carbonyl (C=O) groups excluding carboxylic acids is 1. The van der Waals surface area contributed by atoms with Crippen molar-refractivity contribution in [1.82, 2.24) is 10.2 Å². The zero-order chi connectivity index (χ0) is 18.5. The van der Waals surface area contributed by atoms with Gasteiger partial charge >= 0.3 is 0 Å². The minimum atomic E-state index is -0.250. The SMILES string of the molecule is CCc1cc(C(=O)NC[C@H](c2ccc(F)cc2)N2CCOCC2)sc1C. The quantitative estimate of drug-likeness (QED) is 0.838. The predicted molar refractivity (Wildman–Crippen MR) is 102 cm³/mol. The number of ether oxygens (including phenoxy) is 1. The number of hydrogen-bond acceptors (Lipinski definition) is 4. The Morgan fingerprint density at radius 2 is 2.00 bits per heavy atom. The molecule has 1 saturated heterocycles. The van der Waals surface area contributed by atoms with Gasteiger partial charge in [0.1, 0.15) is 5.82 Å². The van der Waals surface area contributed by atoms with Gasteiger partial charge in [0.05, 0.1) is 24.1 Å². The number of morpholine rings is 1. The van der Waals surface area contributed by atoms with Gasteiger partial charge in [-0.2, -0.15) is 0 Å². The van der Waals surface area contributed by atoms with Gasteiger partial charge in [0.2, 0.25) is 0 Å². The van der Waals surface area contributed by atoms with Crippen LogP contribution in [0.3, 0.4) is 0 Å². The molecule has 0 saturated carbocycles. The number of nitrogens with one attached hydrogen (secondary N) is 1. The molecule has 1 aliphatic heterocycles. The van der Waals surface area contributed by atoms with Crippen molar-refractivity contribution < 1.29 is 13.9 Å². The second kappa shape index (κ2) is 8.75. The van der Waals surface area contributed by atoms with Crippen LogP contribution in [0.25, 0.3) is 0 Å². The first kappa shape index (κ1) is 19.0. The van der Waals surface area contributed by atoms with Gasteiger partial charge in [-0.05, 0) is 42.7 Å². The van der Waals surface area contributed by atoms with Gasteiger partial charge in [0.25, 0.3) is 5.91 Å². The van der Waals surface area contributed by atoms with Gasteiger partial charge in [-0.1, -0.05) is 19.1 Å². The number of halogens is 1. The van der Waals surface area contributed by atoms with E-state index in [0.29, 0.717) is 19.8 Å². The molecule has 1 aromatic heterocycles. The normalized spacial score (nSPS) is 16.4. The lowest BCUT2D eigenvalue weighted by Gasteiger charge is -2.34. The van der Waals surface area contributed by atoms with Crippen LogP contribution in [0.5, 0.6) is 0 Å². The van der Waals surface area contributed by atoms with Crippen LogP contribution in [-0.2, 0) is 11.2 Å². The monoisotopic (exact) mass is 376 g/mol. The minimum absolute atomic E-state index is 0.00940. The molecule has 1 aromatic carbocycles. The highest BCUT2D eigenvalue weighted by Gasteiger charge is 2.24. The zero-order valence-corrected chi connectivity index (χ0v) is 16.1. The molecule has 1 amide bonds. The van der Waals surface area contributed by atoms with Crippen LogP contribution in [0.1, 0.15) is 38.6 Å². The van der Waals surface area contributed by atoms with Gasteiger partial charge in [0.15, 0.2) is 0 Å². The lowest BCUT2D eigenvalue weighted by Crippen LogP contribution is -2.43. The van der Waals surface area contributed by atoms with Gasteiger partial charge in [-0.15, -0.1) is 11.3 Å². The third-order valence-corrected chi connectivity index (χ3v) is 5.91. The molecule has 2 heterocycles. The van der Waals surface area contributed by atoms with E-state index in [-0.39, 0.29) is 17.8 Å². The summed E-state index contributed by atoms with van der Waals surface area (Å²) in [5, 5.41) is 3.07. The summed E-state index contributed by atoms with van der Waals surface area (Å²) >= 11 is 1.54. The Balaban J connectivity index is 1.72. The molecule has 0 bridgehead atoms. The summed E-state index contributed by atoms with van der Waals surface area (Å²) in [6.07, 6.45) is 0.932. The Hall–Kier alpha value is -1.76. The highest BCUT2D eigenvalue weighted by molar-refractivity contribution is 7.14. The molecule has 1 atom stereocenters. The highest BCUT2D eigenvalue weighted by atomic mass is 32.1. The molecule has 1 fully saturated rings. The van der Waals surface area contributed by atoms with E-state index >= 15 is 0 Å². The van der Waals surface area contributed by atoms with E-state index < -0.39 is 0 Å². The average molecular weight is 376 g/mol. The van der Waals surface area contributed by atoms with Crippen molar-refractivity contribution in [3.63, 3.8) is 0 Å². The molecule has 140 valence electrons. The third kappa shape index (κ3) is 4.50. The molecule has 2 aromatic rings. The average Bonchev–Trinajstić information content (AvgIpc) is 3.05. The molecule has 26 heavy (non-hydrogen) atoms. The molecular weight excluding hydrogens is 351 g/mol. The Bertz CT molecular complexity index is 739. The molecule has 0 aliphatic carbocycles. The lowest BCUT2D eigenvalue weighted by atomic mass is 10.0. The minimum Gasteiger partial charge on any atom is -0.379 e. The molecule has 6 heteroatoms. The summed E-state index contributed by atoms with van der Waals surface area (Å²) in [6.45, 7) is 7.59. The molecule has 0 unspecified atom stereocenters. The summed E-state index contributed by atoms with van der Waals surface area (Å²) in [7, 11) is 0.